The molecular formula is C24H32ClN3O7S. The van der Waals surface area contributed by atoms with E-state index < -0.39 is 15.3 Å². The van der Waals surface area contributed by atoms with E-state index in [2.05, 4.69) is 66.9 Å². The zero-order valence-corrected chi connectivity index (χ0v) is 22.0. The smallest absolute Gasteiger partial charge is 0.350 e. The fraction of sp³-hybridized carbons (Fsp3) is 0.583. The highest BCUT2D eigenvalue weighted by molar-refractivity contribution is 8.12. The molecule has 3 fully saturated rings. The second-order valence-corrected chi connectivity index (χ2v) is 10.8. The summed E-state index contributed by atoms with van der Waals surface area (Å²) in [6.07, 6.45) is 18.0. The Morgan fingerprint density at radius 3 is 1.92 bits per heavy atom. The van der Waals surface area contributed by atoms with Gasteiger partial charge in [0.05, 0.1) is 13.0 Å². The zero-order valence-electron chi connectivity index (χ0n) is 20.4. The van der Waals surface area contributed by atoms with Crippen LogP contribution in [0.2, 0.25) is 0 Å². The Balaban J connectivity index is 0.000000168. The summed E-state index contributed by atoms with van der Waals surface area (Å²) >= 11 is 0. The Morgan fingerprint density at radius 2 is 1.61 bits per heavy atom. The maximum Gasteiger partial charge on any atom is 0.350 e. The number of esters is 1. The van der Waals surface area contributed by atoms with Crippen molar-refractivity contribution in [3.05, 3.63) is 36.5 Å². The average molecular weight is 542 g/mol. The minimum Gasteiger partial charge on any atom is -0.467 e. The van der Waals surface area contributed by atoms with Crippen LogP contribution in [0.15, 0.2) is 40.9 Å². The number of methoxy groups -OCH3 is 1. The SMILES string of the molecule is C1=CC2C=CC1C2.CC.COC(=O)[C@@H]1CCC(=O)N1.O=C1N[C@@H]2[C@H]3C=CC(C3)[C@H]12.O=C=NS(=O)(=O)Cl. The number of ether oxygens (including phenoxy) is 1. The molecule has 2 heterocycles. The lowest BCUT2D eigenvalue weighted by Gasteiger charge is -2.37. The molecule has 36 heavy (non-hydrogen) atoms. The Morgan fingerprint density at radius 1 is 1.03 bits per heavy atom. The summed E-state index contributed by atoms with van der Waals surface area (Å²) in [6, 6.07) is 0.111. The number of hydrogen-bond acceptors (Lipinski definition) is 7. The van der Waals surface area contributed by atoms with Gasteiger partial charge in [-0.1, -0.05) is 54.7 Å². The van der Waals surface area contributed by atoms with Gasteiger partial charge in [-0.2, -0.15) is 8.42 Å². The molecule has 5 atom stereocenters. The summed E-state index contributed by atoms with van der Waals surface area (Å²) in [5.74, 6) is 3.09. The minimum atomic E-state index is -4.00. The summed E-state index contributed by atoms with van der Waals surface area (Å²) < 4.78 is 25.8. The molecule has 0 radical (unpaired) electrons. The van der Waals surface area contributed by atoms with Gasteiger partial charge in [0.25, 0.3) is 6.08 Å². The Bertz CT molecular complexity index is 1040. The average Bonchev–Trinajstić information content (AvgIpc) is 3.66. The molecule has 0 aromatic rings. The monoisotopic (exact) mass is 541 g/mol. The topological polar surface area (TPSA) is 148 Å². The van der Waals surface area contributed by atoms with Crippen molar-refractivity contribution in [1.29, 1.82) is 0 Å². The lowest BCUT2D eigenvalue weighted by Crippen LogP contribution is -2.59. The number of nitrogens with one attached hydrogen (secondary N) is 2. The molecule has 2 N–H and O–H groups in total. The number of nitrogens with zero attached hydrogens (tertiary/aromatic N) is 1. The summed E-state index contributed by atoms with van der Waals surface area (Å²) in [7, 11) is 1.69. The van der Waals surface area contributed by atoms with Crippen molar-refractivity contribution in [2.24, 2.45) is 34.0 Å². The van der Waals surface area contributed by atoms with Crippen molar-refractivity contribution in [2.75, 3.05) is 7.11 Å². The molecule has 6 aliphatic rings. The van der Waals surface area contributed by atoms with Crippen LogP contribution in [0.25, 0.3) is 0 Å². The number of hydrogen-bond donors (Lipinski definition) is 2. The number of β-lactam (4-membered cyclic amide) rings is 1. The van der Waals surface area contributed by atoms with Crippen LogP contribution in [0.1, 0.15) is 39.5 Å². The molecule has 6 rings (SSSR count). The molecule has 0 spiro atoms. The number of halogens is 1. The molecular weight excluding hydrogens is 510 g/mol. The normalized spacial score (nSPS) is 32.3. The van der Waals surface area contributed by atoms with Gasteiger partial charge in [0.2, 0.25) is 11.8 Å². The largest absolute Gasteiger partial charge is 0.467 e. The highest BCUT2D eigenvalue weighted by Gasteiger charge is 2.55. The van der Waals surface area contributed by atoms with Crippen LogP contribution in [0.4, 0.5) is 0 Å². The zero-order chi connectivity index (χ0) is 26.9. The quantitative estimate of drug-likeness (QED) is 0.136. The number of carbonyl (C=O) groups excluding carboxylic acids is 4. The molecule has 12 heteroatoms. The van der Waals surface area contributed by atoms with Crippen molar-refractivity contribution in [1.82, 2.24) is 10.6 Å². The fourth-order valence-electron chi connectivity index (χ4n) is 4.85. The van der Waals surface area contributed by atoms with Crippen LogP contribution >= 0.6 is 10.7 Å². The van der Waals surface area contributed by atoms with Crippen LogP contribution in [0.3, 0.4) is 0 Å². The van der Waals surface area contributed by atoms with Gasteiger partial charge in [0.15, 0.2) is 0 Å². The first-order chi connectivity index (χ1) is 17.1. The van der Waals surface area contributed by atoms with Gasteiger partial charge in [0, 0.05) is 23.1 Å². The number of rotatable bonds is 2. The van der Waals surface area contributed by atoms with E-state index in [4.69, 9.17) is 4.79 Å². The lowest BCUT2D eigenvalue weighted by molar-refractivity contribution is -0.143. The maximum atomic E-state index is 11.0. The molecule has 2 aliphatic heterocycles. The van der Waals surface area contributed by atoms with E-state index in [1.54, 1.807) is 0 Å². The van der Waals surface area contributed by atoms with Crippen LogP contribution in [-0.2, 0) is 33.2 Å². The third-order valence-corrected chi connectivity index (χ3v) is 6.95. The van der Waals surface area contributed by atoms with E-state index >= 15 is 0 Å². The van der Waals surface area contributed by atoms with E-state index in [1.165, 1.54) is 20.0 Å². The van der Waals surface area contributed by atoms with Gasteiger partial charge >= 0.3 is 15.2 Å². The first-order valence-corrected chi connectivity index (χ1v) is 14.1. The van der Waals surface area contributed by atoms with E-state index in [0.29, 0.717) is 36.6 Å². The maximum absolute atomic E-state index is 11.0. The summed E-state index contributed by atoms with van der Waals surface area (Å²) in [5, 5.41) is 5.44. The summed E-state index contributed by atoms with van der Waals surface area (Å²) in [6.45, 7) is 4.00. The number of isocyanates is 1. The van der Waals surface area contributed by atoms with Crippen LogP contribution in [-0.4, -0.2) is 51.5 Å². The van der Waals surface area contributed by atoms with Gasteiger partial charge in [-0.05, 0) is 42.9 Å². The minimum absolute atomic E-state index is 0.0737. The molecule has 1 saturated carbocycles. The van der Waals surface area contributed by atoms with E-state index in [9.17, 15) is 22.8 Å². The molecule has 10 nitrogen and oxygen atoms in total. The predicted octanol–water partition coefficient (Wildman–Crippen LogP) is 2.33. The highest BCUT2D eigenvalue weighted by Crippen LogP contribution is 2.47. The standard InChI is InChI=1S/C8H9NO.C7H8.C6H9NO3.C2H6.CClNO3S/c10-8-6-4-1-2-5(3-4)7(6)9-8;1-2-7-4-3-6(1)5-7;1-10-6(9)4-2-3-5(8)7-4;1-2;2-7(5,6)3-1-4/h1-2,4-7H,3H2,(H,9,10);1-4,6-7H,5H2;4H,2-3H2,1H3,(H,7,8);1-2H3;/t4?,5-,6-,7+;;4-;;/m0.0../s1. The van der Waals surface area contributed by atoms with Crippen LogP contribution in [0, 0.1) is 29.6 Å². The molecule has 2 saturated heterocycles. The van der Waals surface area contributed by atoms with Crippen molar-refractivity contribution >= 4 is 43.8 Å². The third-order valence-electron chi connectivity index (χ3n) is 6.45. The third kappa shape index (κ3) is 8.15. The summed E-state index contributed by atoms with van der Waals surface area (Å²) in [5.41, 5.74) is 0. The van der Waals surface area contributed by atoms with Gasteiger partial charge in [0.1, 0.15) is 6.04 Å². The Kier molecular flexibility index (Phi) is 11.1. The molecule has 1 unspecified atom stereocenters. The van der Waals surface area contributed by atoms with Crippen molar-refractivity contribution in [3.8, 4) is 0 Å². The first kappa shape index (κ1) is 29.5. The molecule has 2 amide bonds. The van der Waals surface area contributed by atoms with E-state index in [-0.39, 0.29) is 17.8 Å². The summed E-state index contributed by atoms with van der Waals surface area (Å²) in [4.78, 5) is 41.3. The fourth-order valence-corrected chi connectivity index (χ4v) is 5.02. The molecule has 198 valence electrons. The van der Waals surface area contributed by atoms with Gasteiger partial charge in [-0.15, -0.1) is 0 Å². The van der Waals surface area contributed by atoms with Crippen molar-refractivity contribution < 1.29 is 32.3 Å². The number of fused-ring (bicyclic) bond motifs is 7. The highest BCUT2D eigenvalue weighted by atomic mass is 35.7. The Hall–Kier alpha value is -2.75. The number of amides is 2. The van der Waals surface area contributed by atoms with Gasteiger partial charge in [-0.25, -0.2) is 9.59 Å². The van der Waals surface area contributed by atoms with Crippen molar-refractivity contribution in [3.63, 3.8) is 0 Å². The van der Waals surface area contributed by atoms with E-state index in [1.807, 2.05) is 13.8 Å². The number of allylic oxidation sites excluding steroid dienone is 5. The van der Waals surface area contributed by atoms with Crippen LogP contribution < -0.4 is 10.6 Å². The molecule has 4 bridgehead atoms. The molecule has 0 aromatic carbocycles. The lowest BCUT2D eigenvalue weighted by atomic mass is 9.82. The van der Waals surface area contributed by atoms with Gasteiger partial charge in [-0.3, -0.25) is 9.59 Å². The predicted molar refractivity (Wildman–Crippen MR) is 133 cm³/mol. The molecule has 4 aliphatic carbocycles. The van der Waals surface area contributed by atoms with Gasteiger partial charge < -0.3 is 15.4 Å². The first-order valence-electron chi connectivity index (χ1n) is 11.9. The second-order valence-electron chi connectivity index (χ2n) is 8.62. The van der Waals surface area contributed by atoms with Crippen LogP contribution in [0.5, 0.6) is 0 Å². The van der Waals surface area contributed by atoms with Crippen molar-refractivity contribution in [2.45, 2.75) is 51.6 Å². The molecule has 0 aromatic heterocycles. The Labute approximate surface area is 215 Å². The van der Waals surface area contributed by atoms with E-state index in [0.717, 1.165) is 17.9 Å². The second kappa shape index (κ2) is 13.5. The number of carbonyl (C=O) groups is 3.